The van der Waals surface area contributed by atoms with Crippen LogP contribution >= 0.6 is 0 Å². The SMILES string of the molecule is COc1c(C)cc(C)cc1NCC(C)(C)CCN. The molecule has 1 rings (SSSR count). The zero-order valence-electron chi connectivity index (χ0n) is 12.3. The lowest BCUT2D eigenvalue weighted by Crippen LogP contribution is -2.26. The van der Waals surface area contributed by atoms with Crippen LogP contribution in [0.3, 0.4) is 0 Å². The molecule has 1 aromatic carbocycles. The predicted molar refractivity (Wildman–Crippen MR) is 78.4 cm³/mol. The van der Waals surface area contributed by atoms with Crippen molar-refractivity contribution in [3.05, 3.63) is 23.3 Å². The van der Waals surface area contributed by atoms with Gasteiger partial charge in [-0.15, -0.1) is 0 Å². The molecular weight excluding hydrogens is 224 g/mol. The Hall–Kier alpha value is -1.22. The molecular formula is C15H26N2O. The zero-order valence-corrected chi connectivity index (χ0v) is 12.3. The zero-order chi connectivity index (χ0) is 13.8. The van der Waals surface area contributed by atoms with E-state index in [1.54, 1.807) is 7.11 Å². The molecule has 0 unspecified atom stereocenters. The number of hydrogen-bond donors (Lipinski definition) is 2. The van der Waals surface area contributed by atoms with Crippen molar-refractivity contribution in [2.24, 2.45) is 11.1 Å². The van der Waals surface area contributed by atoms with Gasteiger partial charge in [-0.05, 0) is 49.4 Å². The van der Waals surface area contributed by atoms with Gasteiger partial charge in [-0.1, -0.05) is 19.9 Å². The minimum absolute atomic E-state index is 0.192. The van der Waals surface area contributed by atoms with Crippen molar-refractivity contribution in [2.75, 3.05) is 25.5 Å². The second-order valence-corrected chi connectivity index (χ2v) is 5.72. The van der Waals surface area contributed by atoms with Gasteiger partial charge >= 0.3 is 0 Å². The summed E-state index contributed by atoms with van der Waals surface area (Å²) in [5, 5.41) is 3.49. The molecule has 0 heterocycles. The lowest BCUT2D eigenvalue weighted by molar-refractivity contribution is 0.363. The first-order valence-electron chi connectivity index (χ1n) is 6.49. The lowest BCUT2D eigenvalue weighted by Gasteiger charge is -2.26. The summed E-state index contributed by atoms with van der Waals surface area (Å²) in [7, 11) is 1.72. The topological polar surface area (TPSA) is 47.3 Å². The Morgan fingerprint density at radius 1 is 1.28 bits per heavy atom. The first kappa shape index (κ1) is 14.8. The van der Waals surface area contributed by atoms with Crippen molar-refractivity contribution in [3.8, 4) is 5.75 Å². The Labute approximate surface area is 111 Å². The van der Waals surface area contributed by atoms with Gasteiger partial charge in [0.25, 0.3) is 0 Å². The molecule has 0 aliphatic rings. The summed E-state index contributed by atoms with van der Waals surface area (Å²) in [4.78, 5) is 0. The molecule has 0 aliphatic heterocycles. The summed E-state index contributed by atoms with van der Waals surface area (Å²) in [6, 6.07) is 4.26. The Morgan fingerprint density at radius 3 is 2.50 bits per heavy atom. The molecule has 0 saturated heterocycles. The smallest absolute Gasteiger partial charge is 0.144 e. The fourth-order valence-corrected chi connectivity index (χ4v) is 2.17. The van der Waals surface area contributed by atoms with Crippen LogP contribution in [0.5, 0.6) is 5.75 Å². The standard InChI is InChI=1S/C15H26N2O/c1-11-8-12(2)14(18-5)13(9-11)17-10-15(3,4)6-7-16/h8-9,17H,6-7,10,16H2,1-5H3. The second kappa shape index (κ2) is 6.10. The molecule has 0 saturated carbocycles. The summed E-state index contributed by atoms with van der Waals surface area (Å²) >= 11 is 0. The van der Waals surface area contributed by atoms with Gasteiger partial charge in [-0.3, -0.25) is 0 Å². The van der Waals surface area contributed by atoms with Crippen molar-refractivity contribution in [1.82, 2.24) is 0 Å². The van der Waals surface area contributed by atoms with Crippen molar-refractivity contribution < 1.29 is 4.74 Å². The Kier molecular flexibility index (Phi) is 5.03. The molecule has 0 aromatic heterocycles. The Morgan fingerprint density at radius 2 is 1.94 bits per heavy atom. The number of nitrogens with two attached hydrogens (primary N) is 1. The van der Waals surface area contributed by atoms with Crippen LogP contribution in [0.4, 0.5) is 5.69 Å². The second-order valence-electron chi connectivity index (χ2n) is 5.72. The molecule has 3 nitrogen and oxygen atoms in total. The largest absolute Gasteiger partial charge is 0.494 e. The van der Waals surface area contributed by atoms with Gasteiger partial charge < -0.3 is 15.8 Å². The quantitative estimate of drug-likeness (QED) is 0.815. The maximum atomic E-state index is 5.64. The predicted octanol–water partition coefficient (Wildman–Crippen LogP) is 3.10. The fraction of sp³-hybridized carbons (Fsp3) is 0.600. The van der Waals surface area contributed by atoms with E-state index in [2.05, 4.69) is 45.1 Å². The molecule has 18 heavy (non-hydrogen) atoms. The number of aryl methyl sites for hydroxylation is 2. The van der Waals surface area contributed by atoms with E-state index in [1.165, 1.54) is 5.56 Å². The molecule has 0 aliphatic carbocycles. The van der Waals surface area contributed by atoms with Crippen LogP contribution in [0, 0.1) is 19.3 Å². The van der Waals surface area contributed by atoms with Gasteiger partial charge in [0.2, 0.25) is 0 Å². The monoisotopic (exact) mass is 250 g/mol. The highest BCUT2D eigenvalue weighted by atomic mass is 16.5. The molecule has 0 bridgehead atoms. The summed E-state index contributed by atoms with van der Waals surface area (Å²) in [5.74, 6) is 0.934. The van der Waals surface area contributed by atoms with E-state index in [9.17, 15) is 0 Å². The van der Waals surface area contributed by atoms with Gasteiger partial charge in [-0.25, -0.2) is 0 Å². The molecule has 1 aromatic rings. The number of hydrogen-bond acceptors (Lipinski definition) is 3. The van der Waals surface area contributed by atoms with E-state index in [0.717, 1.165) is 36.5 Å². The van der Waals surface area contributed by atoms with Crippen LogP contribution in [0.1, 0.15) is 31.4 Å². The number of anilines is 1. The van der Waals surface area contributed by atoms with Crippen LogP contribution in [0.2, 0.25) is 0 Å². The molecule has 0 spiro atoms. The van der Waals surface area contributed by atoms with E-state index >= 15 is 0 Å². The minimum atomic E-state index is 0.192. The maximum Gasteiger partial charge on any atom is 0.144 e. The summed E-state index contributed by atoms with van der Waals surface area (Å²) in [6.45, 7) is 10.2. The molecule has 0 fully saturated rings. The number of rotatable bonds is 6. The van der Waals surface area contributed by atoms with Gasteiger partial charge in [0, 0.05) is 6.54 Å². The third-order valence-electron chi connectivity index (χ3n) is 3.20. The van der Waals surface area contributed by atoms with Crippen LogP contribution in [-0.2, 0) is 0 Å². The van der Waals surface area contributed by atoms with E-state index in [4.69, 9.17) is 10.5 Å². The lowest BCUT2D eigenvalue weighted by atomic mass is 9.89. The highest BCUT2D eigenvalue weighted by Crippen LogP contribution is 2.31. The maximum absolute atomic E-state index is 5.64. The minimum Gasteiger partial charge on any atom is -0.494 e. The van der Waals surface area contributed by atoms with Crippen LogP contribution in [-0.4, -0.2) is 20.2 Å². The summed E-state index contributed by atoms with van der Waals surface area (Å²) < 4.78 is 5.47. The Balaban J connectivity index is 2.84. The normalized spacial score (nSPS) is 11.4. The third kappa shape index (κ3) is 3.91. The van der Waals surface area contributed by atoms with Crippen LogP contribution in [0.25, 0.3) is 0 Å². The molecule has 0 radical (unpaired) electrons. The first-order valence-corrected chi connectivity index (χ1v) is 6.49. The van der Waals surface area contributed by atoms with E-state index in [-0.39, 0.29) is 5.41 Å². The van der Waals surface area contributed by atoms with Crippen LogP contribution < -0.4 is 15.8 Å². The highest BCUT2D eigenvalue weighted by molar-refractivity contribution is 5.61. The molecule has 0 atom stereocenters. The van der Waals surface area contributed by atoms with Gasteiger partial charge in [0.1, 0.15) is 5.75 Å². The van der Waals surface area contributed by atoms with Gasteiger partial charge in [0.05, 0.1) is 12.8 Å². The third-order valence-corrected chi connectivity index (χ3v) is 3.20. The number of nitrogens with one attached hydrogen (secondary N) is 1. The summed E-state index contributed by atoms with van der Waals surface area (Å²) in [6.07, 6.45) is 1.01. The van der Waals surface area contributed by atoms with Crippen molar-refractivity contribution in [1.29, 1.82) is 0 Å². The van der Waals surface area contributed by atoms with E-state index in [1.807, 2.05) is 0 Å². The van der Waals surface area contributed by atoms with Crippen molar-refractivity contribution in [3.63, 3.8) is 0 Å². The van der Waals surface area contributed by atoms with Crippen LogP contribution in [0.15, 0.2) is 12.1 Å². The van der Waals surface area contributed by atoms with E-state index < -0.39 is 0 Å². The summed E-state index contributed by atoms with van der Waals surface area (Å²) in [5.41, 5.74) is 9.30. The van der Waals surface area contributed by atoms with Gasteiger partial charge in [0.15, 0.2) is 0 Å². The molecule has 102 valence electrons. The van der Waals surface area contributed by atoms with E-state index in [0.29, 0.717) is 0 Å². The number of benzene rings is 1. The molecule has 0 amide bonds. The van der Waals surface area contributed by atoms with Crippen molar-refractivity contribution in [2.45, 2.75) is 34.1 Å². The highest BCUT2D eigenvalue weighted by Gasteiger charge is 2.17. The average Bonchev–Trinajstić information content (AvgIpc) is 2.26. The number of ether oxygens (including phenoxy) is 1. The Bertz CT molecular complexity index is 400. The molecule has 3 N–H and O–H groups in total. The fourth-order valence-electron chi connectivity index (χ4n) is 2.17. The van der Waals surface area contributed by atoms with Gasteiger partial charge in [-0.2, -0.15) is 0 Å². The number of methoxy groups -OCH3 is 1. The average molecular weight is 250 g/mol. The first-order chi connectivity index (χ1) is 8.39. The molecule has 3 heteroatoms. The van der Waals surface area contributed by atoms with Crippen molar-refractivity contribution >= 4 is 5.69 Å².